The Kier molecular flexibility index (Phi) is 4.86. The van der Waals surface area contributed by atoms with Crippen LogP contribution in [0.15, 0.2) is 24.3 Å². The molecular weight excluding hydrogens is 365 g/mol. The molecule has 4 amide bonds. The number of carbonyl (C=O) groups is 4. The minimum atomic E-state index is -1.05. The fourth-order valence-electron chi connectivity index (χ4n) is 3.23. The molecule has 2 heterocycles. The second-order valence-electron chi connectivity index (χ2n) is 5.90. The van der Waals surface area contributed by atoms with E-state index in [4.69, 9.17) is 10.5 Å². The van der Waals surface area contributed by atoms with Gasteiger partial charge in [0.1, 0.15) is 16.7 Å². The predicted molar refractivity (Wildman–Crippen MR) is 89.1 cm³/mol. The van der Waals surface area contributed by atoms with E-state index in [0.29, 0.717) is 12.2 Å². The third-order valence-corrected chi connectivity index (χ3v) is 5.90. The molecule has 26 heavy (non-hydrogen) atoms. The van der Waals surface area contributed by atoms with Crippen LogP contribution in [0.5, 0.6) is 0 Å². The molecule has 0 radical (unpaired) electrons. The molecule has 2 fully saturated rings. The zero-order valence-electron chi connectivity index (χ0n) is 13.6. The van der Waals surface area contributed by atoms with E-state index in [1.165, 1.54) is 28.8 Å². The van der Waals surface area contributed by atoms with Gasteiger partial charge in [0.25, 0.3) is 5.91 Å². The number of halogens is 1. The van der Waals surface area contributed by atoms with Gasteiger partial charge in [-0.05, 0) is 24.1 Å². The Hall–Kier alpha value is -2.62. The van der Waals surface area contributed by atoms with E-state index in [-0.39, 0.29) is 18.1 Å². The van der Waals surface area contributed by atoms with E-state index in [9.17, 15) is 23.6 Å². The zero-order valence-corrected chi connectivity index (χ0v) is 14.4. The summed E-state index contributed by atoms with van der Waals surface area (Å²) in [4.78, 5) is 47.4. The van der Waals surface area contributed by atoms with Gasteiger partial charge in [0.2, 0.25) is 5.91 Å². The highest BCUT2D eigenvalue weighted by atomic mass is 32.2. The van der Waals surface area contributed by atoms with Crippen molar-refractivity contribution in [2.24, 2.45) is 5.73 Å². The van der Waals surface area contributed by atoms with Crippen LogP contribution < -0.4 is 11.1 Å². The second-order valence-corrected chi connectivity index (χ2v) is 7.20. The van der Waals surface area contributed by atoms with Crippen molar-refractivity contribution in [3.05, 3.63) is 35.6 Å². The molecule has 10 heteroatoms. The number of nitrogens with two attached hydrogens (primary N) is 1. The minimum Gasteiger partial charge on any atom is -0.454 e. The molecule has 2 aliphatic heterocycles. The van der Waals surface area contributed by atoms with E-state index in [2.05, 4.69) is 0 Å². The van der Waals surface area contributed by atoms with Gasteiger partial charge in [-0.25, -0.2) is 14.0 Å². The zero-order chi connectivity index (χ0) is 18.9. The van der Waals surface area contributed by atoms with E-state index < -0.39 is 35.4 Å². The quantitative estimate of drug-likeness (QED) is 0.731. The normalized spacial score (nSPS) is 24.3. The lowest BCUT2D eigenvalue weighted by Crippen LogP contribution is -2.47. The van der Waals surface area contributed by atoms with Crippen molar-refractivity contribution in [1.82, 2.24) is 10.2 Å². The van der Waals surface area contributed by atoms with Gasteiger partial charge >= 0.3 is 12.0 Å². The maximum atomic E-state index is 13.2. The number of amides is 4. The maximum Gasteiger partial charge on any atom is 0.330 e. The van der Waals surface area contributed by atoms with E-state index in [1.807, 2.05) is 0 Å². The second kappa shape index (κ2) is 6.94. The molecule has 138 valence electrons. The summed E-state index contributed by atoms with van der Waals surface area (Å²) in [6.45, 7) is -0.672. The van der Waals surface area contributed by atoms with Crippen LogP contribution in [0.4, 0.5) is 9.18 Å². The van der Waals surface area contributed by atoms with Gasteiger partial charge in [0.15, 0.2) is 6.61 Å². The van der Waals surface area contributed by atoms with Crippen LogP contribution in [0.3, 0.4) is 0 Å². The molecule has 2 aliphatic rings. The van der Waals surface area contributed by atoms with Crippen molar-refractivity contribution in [1.29, 1.82) is 0 Å². The number of rotatable bonds is 4. The van der Waals surface area contributed by atoms with Gasteiger partial charge in [0.05, 0.1) is 0 Å². The number of urea groups is 1. The molecule has 0 aliphatic carbocycles. The summed E-state index contributed by atoms with van der Waals surface area (Å²) in [5, 5.41) is 1.78. The van der Waals surface area contributed by atoms with Crippen molar-refractivity contribution >= 4 is 35.6 Å². The van der Waals surface area contributed by atoms with Gasteiger partial charge in [0, 0.05) is 12.2 Å². The van der Waals surface area contributed by atoms with Crippen molar-refractivity contribution in [3.8, 4) is 0 Å². The summed E-state index contributed by atoms with van der Waals surface area (Å²) in [5.41, 5.74) is 5.54. The van der Waals surface area contributed by atoms with Gasteiger partial charge in [-0.1, -0.05) is 12.1 Å². The molecule has 0 bridgehead atoms. The van der Waals surface area contributed by atoms with Crippen LogP contribution >= 0.6 is 11.8 Å². The highest BCUT2D eigenvalue weighted by Gasteiger charge is 2.57. The molecule has 0 aromatic heterocycles. The maximum absolute atomic E-state index is 13.2. The molecular formula is C16H16FN3O5S. The standard InChI is InChI=1S/C16H16FN3O5S/c17-10-3-1-9(2-4-10)16-6-5-13(22)20(16)11(8-26-16)14(23)25-7-12(21)19-15(18)24/h1-4,11H,5-8H2,(H3,18,19,21,24). The van der Waals surface area contributed by atoms with Crippen molar-refractivity contribution < 1.29 is 28.3 Å². The number of ether oxygens (including phenoxy) is 1. The molecule has 2 saturated heterocycles. The number of fused-ring (bicyclic) bond motifs is 1. The number of hydrogen-bond donors (Lipinski definition) is 2. The Morgan fingerprint density at radius 1 is 1.35 bits per heavy atom. The van der Waals surface area contributed by atoms with Crippen LogP contribution in [0.1, 0.15) is 18.4 Å². The largest absolute Gasteiger partial charge is 0.454 e. The topological polar surface area (TPSA) is 119 Å². The average Bonchev–Trinajstić information content (AvgIpc) is 3.12. The van der Waals surface area contributed by atoms with E-state index >= 15 is 0 Å². The molecule has 2 unspecified atom stereocenters. The smallest absolute Gasteiger partial charge is 0.330 e. The van der Waals surface area contributed by atoms with Crippen LogP contribution in [-0.4, -0.2) is 47.1 Å². The Morgan fingerprint density at radius 2 is 2.04 bits per heavy atom. The minimum absolute atomic E-state index is 0.206. The van der Waals surface area contributed by atoms with Gasteiger partial charge in [-0.3, -0.25) is 14.9 Å². The number of carbonyl (C=O) groups excluding carboxylic acids is 4. The van der Waals surface area contributed by atoms with Crippen molar-refractivity contribution in [2.75, 3.05) is 12.4 Å². The molecule has 3 N–H and O–H groups in total. The summed E-state index contributed by atoms with van der Waals surface area (Å²) in [7, 11) is 0. The van der Waals surface area contributed by atoms with E-state index in [0.717, 1.165) is 5.56 Å². The molecule has 1 aromatic rings. The molecule has 1 aromatic carbocycles. The Labute approximate surface area is 152 Å². The lowest BCUT2D eigenvalue weighted by atomic mass is 10.0. The Bertz CT molecular complexity index is 772. The number of imide groups is 1. The lowest BCUT2D eigenvalue weighted by molar-refractivity contribution is -0.156. The van der Waals surface area contributed by atoms with Crippen LogP contribution in [0.2, 0.25) is 0 Å². The first-order valence-electron chi connectivity index (χ1n) is 7.81. The van der Waals surface area contributed by atoms with Crippen molar-refractivity contribution in [3.63, 3.8) is 0 Å². The number of benzene rings is 1. The summed E-state index contributed by atoms with van der Waals surface area (Å²) >= 11 is 1.41. The highest BCUT2D eigenvalue weighted by Crippen LogP contribution is 2.54. The summed E-state index contributed by atoms with van der Waals surface area (Å²) in [6.07, 6.45) is 0.754. The first-order valence-corrected chi connectivity index (χ1v) is 8.80. The highest BCUT2D eigenvalue weighted by molar-refractivity contribution is 8.00. The third kappa shape index (κ3) is 3.24. The van der Waals surface area contributed by atoms with E-state index in [1.54, 1.807) is 17.4 Å². The number of primary amides is 1. The fraction of sp³-hybridized carbons (Fsp3) is 0.375. The number of hydrogen-bond acceptors (Lipinski definition) is 6. The average molecular weight is 381 g/mol. The van der Waals surface area contributed by atoms with Crippen LogP contribution in [-0.2, 0) is 24.0 Å². The third-order valence-electron chi connectivity index (χ3n) is 4.30. The van der Waals surface area contributed by atoms with Crippen LogP contribution in [0.25, 0.3) is 0 Å². The number of nitrogens with one attached hydrogen (secondary N) is 1. The van der Waals surface area contributed by atoms with Crippen LogP contribution in [0, 0.1) is 5.82 Å². The first kappa shape index (κ1) is 18.2. The molecule has 0 spiro atoms. The van der Waals surface area contributed by atoms with Crippen molar-refractivity contribution in [2.45, 2.75) is 23.8 Å². The van der Waals surface area contributed by atoms with Gasteiger partial charge in [-0.2, -0.15) is 0 Å². The number of nitrogens with zero attached hydrogens (tertiary/aromatic N) is 1. The molecule has 8 nitrogen and oxygen atoms in total. The number of esters is 1. The SMILES string of the molecule is NC(=O)NC(=O)COC(=O)C1CSC2(c3ccc(F)cc3)CCC(=O)N12. The summed E-state index contributed by atoms with van der Waals surface area (Å²) < 4.78 is 18.2. The Balaban J connectivity index is 1.75. The monoisotopic (exact) mass is 381 g/mol. The lowest BCUT2D eigenvalue weighted by Gasteiger charge is -2.33. The predicted octanol–water partition coefficient (Wildman–Crippen LogP) is 0.454. The first-order chi connectivity index (χ1) is 12.3. The summed E-state index contributed by atoms with van der Waals surface area (Å²) in [6, 6.07) is 3.91. The number of thioether (sulfide) groups is 1. The molecule has 3 rings (SSSR count). The summed E-state index contributed by atoms with van der Waals surface area (Å²) in [5.74, 6) is -1.90. The fourth-order valence-corrected chi connectivity index (χ4v) is 4.87. The molecule has 2 atom stereocenters. The Morgan fingerprint density at radius 3 is 2.69 bits per heavy atom. The van der Waals surface area contributed by atoms with Gasteiger partial charge < -0.3 is 15.4 Å². The molecule has 0 saturated carbocycles. The van der Waals surface area contributed by atoms with Gasteiger partial charge in [-0.15, -0.1) is 11.8 Å².